The van der Waals surface area contributed by atoms with Crippen molar-refractivity contribution in [1.29, 1.82) is 0 Å². The molecule has 0 heterocycles. The highest BCUT2D eigenvalue weighted by Gasteiger charge is 2.23. The Kier molecular flexibility index (Phi) is 8.21. The second-order valence-electron chi connectivity index (χ2n) is 4.65. The molecule has 6 heteroatoms. The Morgan fingerprint density at radius 3 is 2.73 bits per heavy atom. The van der Waals surface area contributed by atoms with Crippen molar-refractivity contribution >= 4 is 5.97 Å². The van der Waals surface area contributed by atoms with Gasteiger partial charge in [0.2, 0.25) is 0 Å². The van der Waals surface area contributed by atoms with E-state index in [9.17, 15) is 9.90 Å². The smallest absolute Gasteiger partial charge is 0.327 e. The van der Waals surface area contributed by atoms with Crippen LogP contribution in [0.2, 0.25) is 0 Å². The number of carboxylic acid groups (broad SMARTS) is 1. The van der Waals surface area contributed by atoms with Crippen molar-refractivity contribution in [2.75, 3.05) is 20.3 Å². The molecule has 0 unspecified atom stereocenters. The number of carboxylic acids is 1. The summed E-state index contributed by atoms with van der Waals surface area (Å²) < 4.78 is 10.7. The predicted molar refractivity (Wildman–Crippen MR) is 80.8 cm³/mol. The summed E-state index contributed by atoms with van der Waals surface area (Å²) in [4.78, 5) is 10.4. The number of aliphatic hydroxyl groups excluding tert-OH is 2. The molecule has 0 saturated carbocycles. The van der Waals surface area contributed by atoms with Gasteiger partial charge in [-0.25, -0.2) is 4.79 Å². The number of ether oxygens (including phenoxy) is 2. The highest BCUT2D eigenvalue weighted by molar-refractivity contribution is 5.79. The first-order valence-electron chi connectivity index (χ1n) is 7.03. The number of carbonyl (C=O) groups is 1. The van der Waals surface area contributed by atoms with E-state index in [-0.39, 0.29) is 13.2 Å². The minimum absolute atomic E-state index is 0.113. The van der Waals surface area contributed by atoms with Crippen LogP contribution in [0.25, 0.3) is 0 Å². The van der Waals surface area contributed by atoms with Gasteiger partial charge >= 0.3 is 5.97 Å². The van der Waals surface area contributed by atoms with Crippen LogP contribution >= 0.6 is 0 Å². The molecule has 6 nitrogen and oxygen atoms in total. The maximum absolute atomic E-state index is 10.5. The number of methoxy groups -OCH3 is 1. The summed E-state index contributed by atoms with van der Waals surface area (Å²) in [5.41, 5.74) is 0.574. The summed E-state index contributed by atoms with van der Waals surface area (Å²) in [6.07, 6.45) is 2.14. The van der Waals surface area contributed by atoms with Crippen LogP contribution in [-0.4, -0.2) is 47.7 Å². The Bertz CT molecular complexity index is 485. The lowest BCUT2D eigenvalue weighted by Crippen LogP contribution is -2.21. The predicted octanol–water partition coefficient (Wildman–Crippen LogP) is 1.53. The lowest BCUT2D eigenvalue weighted by molar-refractivity contribution is -0.131. The molecule has 0 aliphatic rings. The Morgan fingerprint density at radius 1 is 1.36 bits per heavy atom. The molecule has 1 rings (SSSR count). The van der Waals surface area contributed by atoms with Crippen LogP contribution in [0.5, 0.6) is 5.75 Å². The Hall–Kier alpha value is -1.89. The van der Waals surface area contributed by atoms with E-state index in [1.807, 2.05) is 0 Å². The number of para-hydroxylation sites is 1. The average molecular weight is 310 g/mol. The van der Waals surface area contributed by atoms with E-state index in [0.717, 1.165) is 6.08 Å². The van der Waals surface area contributed by atoms with E-state index in [1.165, 1.54) is 13.2 Å². The van der Waals surface area contributed by atoms with E-state index in [0.29, 0.717) is 24.2 Å². The number of rotatable bonds is 10. The van der Waals surface area contributed by atoms with E-state index in [2.05, 4.69) is 0 Å². The number of aliphatic carboxylic acids is 1. The van der Waals surface area contributed by atoms with E-state index in [1.54, 1.807) is 24.3 Å². The first kappa shape index (κ1) is 18.2. The molecule has 0 bridgehead atoms. The summed E-state index contributed by atoms with van der Waals surface area (Å²) in [6.45, 7) is 0.0286. The topological polar surface area (TPSA) is 96.2 Å². The lowest BCUT2D eigenvalue weighted by atomic mass is 9.99. The number of hydrogen-bond acceptors (Lipinski definition) is 5. The Labute approximate surface area is 129 Å². The van der Waals surface area contributed by atoms with Crippen LogP contribution < -0.4 is 4.74 Å². The van der Waals surface area contributed by atoms with Gasteiger partial charge in [0.15, 0.2) is 0 Å². The Morgan fingerprint density at radius 2 is 2.09 bits per heavy atom. The van der Waals surface area contributed by atoms with Gasteiger partial charge in [-0.05, 0) is 18.9 Å². The van der Waals surface area contributed by atoms with Gasteiger partial charge in [0, 0.05) is 18.7 Å². The molecule has 3 N–H and O–H groups in total. The van der Waals surface area contributed by atoms with Gasteiger partial charge in [-0.3, -0.25) is 0 Å². The molecule has 0 aliphatic heterocycles. The normalized spacial score (nSPS) is 14.0. The first-order chi connectivity index (χ1) is 10.6. The summed E-state index contributed by atoms with van der Waals surface area (Å²) >= 11 is 0. The molecule has 0 aliphatic carbocycles. The monoisotopic (exact) mass is 310 g/mol. The van der Waals surface area contributed by atoms with Gasteiger partial charge < -0.3 is 24.8 Å². The number of benzene rings is 1. The molecule has 0 amide bonds. The highest BCUT2D eigenvalue weighted by atomic mass is 16.5. The fourth-order valence-corrected chi connectivity index (χ4v) is 2.06. The van der Waals surface area contributed by atoms with Gasteiger partial charge in [-0.2, -0.15) is 0 Å². The van der Waals surface area contributed by atoms with Crippen molar-refractivity contribution in [3.05, 3.63) is 42.0 Å². The SMILES string of the molecule is CO[C@@H](CC/C=C/C(=O)O)[C@@H](O)c1ccccc1OCCO. The van der Waals surface area contributed by atoms with Crippen LogP contribution in [0.1, 0.15) is 24.5 Å². The highest BCUT2D eigenvalue weighted by Crippen LogP contribution is 2.30. The largest absolute Gasteiger partial charge is 0.491 e. The summed E-state index contributed by atoms with van der Waals surface area (Å²) in [6, 6.07) is 7.00. The number of aliphatic hydroxyl groups is 2. The van der Waals surface area contributed by atoms with Crippen LogP contribution in [0, 0.1) is 0 Å². The molecule has 0 radical (unpaired) electrons. The van der Waals surface area contributed by atoms with Gasteiger partial charge in [0.25, 0.3) is 0 Å². The molecule has 0 saturated heterocycles. The third-order valence-corrected chi connectivity index (χ3v) is 3.12. The summed E-state index contributed by atoms with van der Waals surface area (Å²) in [7, 11) is 1.49. The Balaban J connectivity index is 2.74. The maximum Gasteiger partial charge on any atom is 0.327 e. The molecule has 1 aromatic rings. The van der Waals surface area contributed by atoms with Crippen LogP contribution in [0.4, 0.5) is 0 Å². The fraction of sp³-hybridized carbons (Fsp3) is 0.438. The third kappa shape index (κ3) is 5.85. The molecule has 122 valence electrons. The van der Waals surface area contributed by atoms with Gasteiger partial charge in [-0.1, -0.05) is 24.3 Å². The van der Waals surface area contributed by atoms with Crippen molar-refractivity contribution < 1.29 is 29.6 Å². The molecular formula is C16H22O6. The molecule has 2 atom stereocenters. The van der Waals surface area contributed by atoms with Crippen molar-refractivity contribution in [3.63, 3.8) is 0 Å². The van der Waals surface area contributed by atoms with Crippen LogP contribution in [-0.2, 0) is 9.53 Å². The van der Waals surface area contributed by atoms with Crippen molar-refractivity contribution in [2.24, 2.45) is 0 Å². The van der Waals surface area contributed by atoms with Crippen molar-refractivity contribution in [1.82, 2.24) is 0 Å². The number of allylic oxidation sites excluding steroid dienone is 1. The van der Waals surface area contributed by atoms with Crippen molar-refractivity contribution in [2.45, 2.75) is 25.0 Å². The average Bonchev–Trinajstić information content (AvgIpc) is 2.52. The molecule has 0 fully saturated rings. The quantitative estimate of drug-likeness (QED) is 0.567. The minimum Gasteiger partial charge on any atom is -0.491 e. The molecule has 0 aromatic heterocycles. The minimum atomic E-state index is -1.00. The van der Waals surface area contributed by atoms with Crippen LogP contribution in [0.3, 0.4) is 0 Å². The fourth-order valence-electron chi connectivity index (χ4n) is 2.06. The zero-order chi connectivity index (χ0) is 16.4. The molecular weight excluding hydrogens is 288 g/mol. The second-order valence-corrected chi connectivity index (χ2v) is 4.65. The lowest BCUT2D eigenvalue weighted by Gasteiger charge is -2.23. The third-order valence-electron chi connectivity index (χ3n) is 3.12. The van der Waals surface area contributed by atoms with Crippen molar-refractivity contribution in [3.8, 4) is 5.75 Å². The van der Waals surface area contributed by atoms with Gasteiger partial charge in [-0.15, -0.1) is 0 Å². The molecule has 22 heavy (non-hydrogen) atoms. The zero-order valence-electron chi connectivity index (χ0n) is 12.5. The maximum atomic E-state index is 10.5. The van der Waals surface area contributed by atoms with E-state index in [4.69, 9.17) is 19.7 Å². The van der Waals surface area contributed by atoms with Gasteiger partial charge in [0.05, 0.1) is 12.7 Å². The summed E-state index contributed by atoms with van der Waals surface area (Å²) in [5.74, 6) is -0.510. The molecule has 0 spiro atoms. The zero-order valence-corrected chi connectivity index (χ0v) is 12.5. The molecule has 1 aromatic carbocycles. The summed E-state index contributed by atoms with van der Waals surface area (Å²) in [5, 5.41) is 27.8. The van der Waals surface area contributed by atoms with Gasteiger partial charge in [0.1, 0.15) is 18.5 Å². The second kappa shape index (κ2) is 9.94. The first-order valence-corrected chi connectivity index (χ1v) is 7.03. The van der Waals surface area contributed by atoms with E-state index < -0.39 is 18.2 Å². The number of hydrogen-bond donors (Lipinski definition) is 3. The van der Waals surface area contributed by atoms with E-state index >= 15 is 0 Å². The standard InChI is InChI=1S/C16H22O6/c1-21-14(8-4-5-9-15(18)19)16(20)12-6-2-3-7-13(12)22-11-10-17/h2-3,5-7,9,14,16-17,20H,4,8,10-11H2,1H3,(H,18,19)/b9-5+/t14-,16-/m0/s1. The van der Waals surface area contributed by atoms with Crippen LogP contribution in [0.15, 0.2) is 36.4 Å².